The predicted molar refractivity (Wildman–Crippen MR) is 99.9 cm³/mol. The van der Waals surface area contributed by atoms with E-state index >= 15 is 0 Å². The lowest BCUT2D eigenvalue weighted by Crippen LogP contribution is -2.42. The van der Waals surface area contributed by atoms with Gasteiger partial charge in [-0.25, -0.2) is 9.97 Å². The van der Waals surface area contributed by atoms with Gasteiger partial charge in [-0.1, -0.05) is 30.3 Å². The molecule has 2 aromatic heterocycles. The van der Waals surface area contributed by atoms with Crippen molar-refractivity contribution in [1.82, 2.24) is 24.6 Å². The average molecular weight is 349 g/mol. The van der Waals surface area contributed by atoms with Gasteiger partial charge in [0.15, 0.2) is 11.3 Å². The zero-order valence-electron chi connectivity index (χ0n) is 14.9. The maximum Gasteiger partial charge on any atom is 0.273 e. The highest BCUT2D eigenvalue weighted by Gasteiger charge is 2.30. The topological polar surface area (TPSA) is 62.5 Å². The molecule has 0 aliphatic carbocycles. The molecule has 6 nitrogen and oxygen atoms in total. The van der Waals surface area contributed by atoms with Gasteiger partial charge in [0.1, 0.15) is 0 Å². The summed E-state index contributed by atoms with van der Waals surface area (Å²) in [5, 5.41) is 3.09. The standard InChI is InChI=1S/C20H23N5O/c1-24-11-5-8-16(18(24)15-6-3-2-4-7-15)14-23-20(26)17-19-22-10-13-25(19)12-9-21-17/h2-4,6-7,9-10,12-13,16,18H,5,8,11,14H2,1H3,(H,23,26). The largest absolute Gasteiger partial charge is 0.350 e. The van der Waals surface area contributed by atoms with Gasteiger partial charge in [-0.2, -0.15) is 0 Å². The van der Waals surface area contributed by atoms with Gasteiger partial charge in [0, 0.05) is 37.4 Å². The fourth-order valence-electron chi connectivity index (χ4n) is 3.97. The van der Waals surface area contributed by atoms with Crippen molar-refractivity contribution in [3.63, 3.8) is 0 Å². The van der Waals surface area contributed by atoms with E-state index < -0.39 is 0 Å². The zero-order chi connectivity index (χ0) is 17.9. The number of nitrogens with one attached hydrogen (secondary N) is 1. The Bertz CT molecular complexity index is 891. The highest BCUT2D eigenvalue weighted by atomic mass is 16.1. The molecular formula is C20H23N5O. The van der Waals surface area contributed by atoms with E-state index in [4.69, 9.17) is 0 Å². The fourth-order valence-corrected chi connectivity index (χ4v) is 3.97. The molecule has 0 saturated carbocycles. The number of benzene rings is 1. The van der Waals surface area contributed by atoms with Crippen molar-refractivity contribution in [1.29, 1.82) is 0 Å². The molecule has 1 fully saturated rings. The number of piperidine rings is 1. The summed E-state index contributed by atoms with van der Waals surface area (Å²) in [6, 6.07) is 10.9. The third-order valence-corrected chi connectivity index (χ3v) is 5.20. The number of hydrogen-bond acceptors (Lipinski definition) is 4. The molecule has 1 saturated heterocycles. The first-order valence-corrected chi connectivity index (χ1v) is 9.05. The maximum atomic E-state index is 12.7. The van der Waals surface area contributed by atoms with Crippen molar-refractivity contribution in [3.05, 3.63) is 66.4 Å². The third kappa shape index (κ3) is 3.20. The second-order valence-corrected chi connectivity index (χ2v) is 6.88. The molecule has 1 aromatic carbocycles. The Balaban J connectivity index is 1.50. The number of amides is 1. The van der Waals surface area contributed by atoms with Crippen molar-refractivity contribution >= 4 is 11.6 Å². The minimum atomic E-state index is -0.165. The lowest BCUT2D eigenvalue weighted by Gasteiger charge is -2.39. The summed E-state index contributed by atoms with van der Waals surface area (Å²) in [7, 11) is 2.17. The van der Waals surface area contributed by atoms with Crippen LogP contribution >= 0.6 is 0 Å². The van der Waals surface area contributed by atoms with E-state index in [9.17, 15) is 4.79 Å². The minimum absolute atomic E-state index is 0.165. The molecule has 3 heterocycles. The van der Waals surface area contributed by atoms with Crippen molar-refractivity contribution in [2.75, 3.05) is 20.1 Å². The fraction of sp³-hybridized carbons (Fsp3) is 0.350. The van der Waals surface area contributed by atoms with Gasteiger partial charge < -0.3 is 9.72 Å². The van der Waals surface area contributed by atoms with Gasteiger partial charge in [0.2, 0.25) is 0 Å². The Morgan fingerprint density at radius 2 is 1.96 bits per heavy atom. The van der Waals surface area contributed by atoms with Crippen molar-refractivity contribution < 1.29 is 4.79 Å². The number of nitrogens with zero attached hydrogens (tertiary/aromatic N) is 4. The molecule has 2 atom stereocenters. The molecule has 0 spiro atoms. The first kappa shape index (κ1) is 16.7. The van der Waals surface area contributed by atoms with Crippen LogP contribution in [0.1, 0.15) is 34.9 Å². The number of carbonyl (C=O) groups is 1. The van der Waals surface area contributed by atoms with Crippen molar-refractivity contribution in [2.45, 2.75) is 18.9 Å². The molecule has 6 heteroatoms. The summed E-state index contributed by atoms with van der Waals surface area (Å²) >= 11 is 0. The summed E-state index contributed by atoms with van der Waals surface area (Å²) in [6.07, 6.45) is 9.16. The summed E-state index contributed by atoms with van der Waals surface area (Å²) in [5.74, 6) is 0.210. The van der Waals surface area contributed by atoms with Crippen LogP contribution in [0.3, 0.4) is 0 Å². The third-order valence-electron chi connectivity index (χ3n) is 5.20. The molecular weight excluding hydrogens is 326 g/mol. The van der Waals surface area contributed by atoms with Crippen LogP contribution in [0.5, 0.6) is 0 Å². The highest BCUT2D eigenvalue weighted by molar-refractivity contribution is 5.97. The minimum Gasteiger partial charge on any atom is -0.350 e. The van der Waals surface area contributed by atoms with E-state index in [2.05, 4.69) is 51.5 Å². The Kier molecular flexibility index (Phi) is 4.67. The zero-order valence-corrected chi connectivity index (χ0v) is 14.9. The Labute approximate surface area is 152 Å². The number of fused-ring (bicyclic) bond motifs is 1. The van der Waals surface area contributed by atoms with Gasteiger partial charge in [-0.15, -0.1) is 0 Å². The van der Waals surface area contributed by atoms with Gasteiger partial charge in [0.25, 0.3) is 5.91 Å². The Morgan fingerprint density at radius 3 is 2.77 bits per heavy atom. The van der Waals surface area contributed by atoms with Crippen molar-refractivity contribution in [2.24, 2.45) is 5.92 Å². The first-order valence-electron chi connectivity index (χ1n) is 9.05. The molecule has 1 amide bonds. The van der Waals surface area contributed by atoms with E-state index in [0.29, 0.717) is 29.8 Å². The first-order chi connectivity index (χ1) is 12.7. The van der Waals surface area contributed by atoms with Crippen LogP contribution in [-0.2, 0) is 0 Å². The average Bonchev–Trinajstić information content (AvgIpc) is 3.15. The molecule has 1 aliphatic rings. The maximum absolute atomic E-state index is 12.7. The lowest BCUT2D eigenvalue weighted by molar-refractivity contribution is 0.0888. The van der Waals surface area contributed by atoms with Crippen LogP contribution in [0.25, 0.3) is 5.65 Å². The van der Waals surface area contributed by atoms with Crippen LogP contribution in [-0.4, -0.2) is 45.3 Å². The van der Waals surface area contributed by atoms with E-state index in [1.807, 2.05) is 16.7 Å². The molecule has 1 N–H and O–H groups in total. The summed E-state index contributed by atoms with van der Waals surface area (Å²) in [5.41, 5.74) is 2.27. The van der Waals surface area contributed by atoms with Gasteiger partial charge in [0.05, 0.1) is 0 Å². The quantitative estimate of drug-likeness (QED) is 0.786. The molecule has 4 rings (SSSR count). The number of likely N-dealkylation sites (tertiary alicyclic amines) is 1. The summed E-state index contributed by atoms with van der Waals surface area (Å²) < 4.78 is 1.81. The summed E-state index contributed by atoms with van der Waals surface area (Å²) in [4.78, 5) is 23.5. The van der Waals surface area contributed by atoms with E-state index in [0.717, 1.165) is 19.4 Å². The number of imidazole rings is 1. The summed E-state index contributed by atoms with van der Waals surface area (Å²) in [6.45, 7) is 1.71. The predicted octanol–water partition coefficient (Wildman–Crippen LogP) is 2.54. The molecule has 2 unspecified atom stereocenters. The highest BCUT2D eigenvalue weighted by Crippen LogP contribution is 2.34. The normalized spacial score (nSPS) is 21.0. The van der Waals surface area contributed by atoms with Gasteiger partial charge in [-0.3, -0.25) is 9.69 Å². The Morgan fingerprint density at radius 1 is 1.19 bits per heavy atom. The second-order valence-electron chi connectivity index (χ2n) is 6.88. The number of carbonyl (C=O) groups excluding carboxylic acids is 1. The van der Waals surface area contributed by atoms with Crippen LogP contribution in [0.15, 0.2) is 55.1 Å². The van der Waals surface area contributed by atoms with E-state index in [1.54, 1.807) is 18.6 Å². The number of rotatable bonds is 4. The number of hydrogen-bond donors (Lipinski definition) is 1. The smallest absolute Gasteiger partial charge is 0.273 e. The van der Waals surface area contributed by atoms with E-state index in [-0.39, 0.29) is 5.91 Å². The van der Waals surface area contributed by atoms with Crippen molar-refractivity contribution in [3.8, 4) is 0 Å². The van der Waals surface area contributed by atoms with Gasteiger partial charge in [-0.05, 0) is 37.9 Å². The van der Waals surface area contributed by atoms with E-state index in [1.165, 1.54) is 5.56 Å². The molecule has 0 radical (unpaired) electrons. The molecule has 3 aromatic rings. The molecule has 26 heavy (non-hydrogen) atoms. The second kappa shape index (κ2) is 7.25. The number of aromatic nitrogens is 3. The van der Waals surface area contributed by atoms with Crippen LogP contribution < -0.4 is 5.32 Å². The van der Waals surface area contributed by atoms with Gasteiger partial charge >= 0.3 is 0 Å². The molecule has 134 valence electrons. The van der Waals surface area contributed by atoms with Crippen LogP contribution in [0.4, 0.5) is 0 Å². The SMILES string of the molecule is CN1CCCC(CNC(=O)c2nccn3ccnc23)C1c1ccccc1. The Hall–Kier alpha value is -2.73. The lowest BCUT2D eigenvalue weighted by atomic mass is 9.85. The molecule has 0 bridgehead atoms. The van der Waals surface area contributed by atoms with Crippen LogP contribution in [0.2, 0.25) is 0 Å². The monoisotopic (exact) mass is 349 g/mol. The molecule has 1 aliphatic heterocycles. The van der Waals surface area contributed by atoms with Crippen LogP contribution in [0, 0.1) is 5.92 Å².